The SMILES string of the molecule is COC(=O)Nc1ccc2c(c1)NC(=O)C(C)CCCC(C(=O)N(C)CCOC(=O)Nc1ccc(Cl)c(F)c1C)c1nc-2c(Cl)[nH]1. The number of rotatable bonds is 6. The summed E-state index contributed by atoms with van der Waals surface area (Å²) in [5.74, 6) is -1.95. The zero-order valence-corrected chi connectivity index (χ0v) is 26.6. The third-order valence-corrected chi connectivity index (χ3v) is 8.03. The lowest BCUT2D eigenvalue weighted by Gasteiger charge is -2.23. The van der Waals surface area contributed by atoms with Crippen LogP contribution >= 0.6 is 23.2 Å². The average molecular weight is 664 g/mol. The summed E-state index contributed by atoms with van der Waals surface area (Å²) in [4.78, 5) is 59.9. The summed E-state index contributed by atoms with van der Waals surface area (Å²) in [6, 6.07) is 7.62. The zero-order valence-electron chi connectivity index (χ0n) is 25.1. The Bertz CT molecular complexity index is 1620. The van der Waals surface area contributed by atoms with Gasteiger partial charge in [0, 0.05) is 35.5 Å². The largest absolute Gasteiger partial charge is 0.453 e. The number of imidazole rings is 1. The Labute approximate surface area is 268 Å². The molecule has 0 fully saturated rings. The minimum Gasteiger partial charge on any atom is -0.453 e. The molecule has 12 nitrogen and oxygen atoms in total. The summed E-state index contributed by atoms with van der Waals surface area (Å²) in [7, 11) is 2.81. The van der Waals surface area contributed by atoms with Crippen molar-refractivity contribution in [3.8, 4) is 11.3 Å². The molecule has 1 aliphatic heterocycles. The second-order valence-corrected chi connectivity index (χ2v) is 11.4. The van der Waals surface area contributed by atoms with Gasteiger partial charge in [-0.1, -0.05) is 36.5 Å². The predicted molar refractivity (Wildman–Crippen MR) is 168 cm³/mol. The van der Waals surface area contributed by atoms with Gasteiger partial charge in [-0.3, -0.25) is 20.2 Å². The van der Waals surface area contributed by atoms with Crippen LogP contribution in [0.2, 0.25) is 10.2 Å². The van der Waals surface area contributed by atoms with E-state index in [2.05, 4.69) is 30.7 Å². The van der Waals surface area contributed by atoms with Gasteiger partial charge in [-0.25, -0.2) is 19.0 Å². The molecule has 1 aliphatic rings. The van der Waals surface area contributed by atoms with Crippen LogP contribution in [0.15, 0.2) is 30.3 Å². The van der Waals surface area contributed by atoms with Gasteiger partial charge in [0.1, 0.15) is 29.1 Å². The van der Waals surface area contributed by atoms with Crippen LogP contribution < -0.4 is 16.0 Å². The monoisotopic (exact) mass is 662 g/mol. The van der Waals surface area contributed by atoms with Crippen LogP contribution in [0.5, 0.6) is 0 Å². The Morgan fingerprint density at radius 3 is 2.62 bits per heavy atom. The third-order valence-electron chi connectivity index (χ3n) is 7.46. The van der Waals surface area contributed by atoms with Crippen LogP contribution in [-0.2, 0) is 19.1 Å². The fourth-order valence-electron chi connectivity index (χ4n) is 4.79. The van der Waals surface area contributed by atoms with Crippen LogP contribution in [0.4, 0.5) is 31.0 Å². The van der Waals surface area contributed by atoms with Crippen LogP contribution in [0.25, 0.3) is 11.3 Å². The van der Waals surface area contributed by atoms with Crippen LogP contribution in [0.3, 0.4) is 0 Å². The summed E-state index contributed by atoms with van der Waals surface area (Å²) in [6.45, 7) is 3.20. The Morgan fingerprint density at radius 1 is 1.13 bits per heavy atom. The van der Waals surface area contributed by atoms with E-state index >= 15 is 0 Å². The molecular weight excluding hydrogens is 630 g/mol. The van der Waals surface area contributed by atoms with Crippen molar-refractivity contribution in [2.75, 3.05) is 43.3 Å². The average Bonchev–Trinajstić information content (AvgIpc) is 3.39. The molecule has 0 saturated carbocycles. The Kier molecular flexibility index (Phi) is 10.9. The van der Waals surface area contributed by atoms with Gasteiger partial charge >= 0.3 is 12.2 Å². The van der Waals surface area contributed by atoms with Crippen molar-refractivity contribution in [1.29, 1.82) is 0 Å². The molecule has 0 radical (unpaired) electrons. The van der Waals surface area contributed by atoms with Crippen molar-refractivity contribution in [3.05, 3.63) is 57.7 Å². The lowest BCUT2D eigenvalue weighted by Crippen LogP contribution is -2.35. The molecule has 1 aromatic heterocycles. The number of nitrogens with one attached hydrogen (secondary N) is 4. The van der Waals surface area contributed by atoms with E-state index in [4.69, 9.17) is 27.9 Å². The molecule has 4 amide bonds. The highest BCUT2D eigenvalue weighted by atomic mass is 35.5. The highest BCUT2D eigenvalue weighted by molar-refractivity contribution is 6.32. The smallest absolute Gasteiger partial charge is 0.411 e. The van der Waals surface area contributed by atoms with Gasteiger partial charge < -0.3 is 24.7 Å². The number of carbonyl (C=O) groups excluding carboxylic acids is 4. The van der Waals surface area contributed by atoms with E-state index in [1.54, 1.807) is 32.2 Å². The van der Waals surface area contributed by atoms with E-state index in [9.17, 15) is 23.6 Å². The number of likely N-dealkylation sites (N-methyl/N-ethyl adjacent to an activating group) is 1. The van der Waals surface area contributed by atoms with Gasteiger partial charge in [-0.2, -0.15) is 0 Å². The van der Waals surface area contributed by atoms with E-state index in [1.807, 2.05) is 0 Å². The number of benzene rings is 2. The molecule has 2 atom stereocenters. The number of hydrogen-bond donors (Lipinski definition) is 4. The number of aromatic nitrogens is 2. The fourth-order valence-corrected chi connectivity index (χ4v) is 5.24. The zero-order chi connectivity index (χ0) is 32.8. The molecule has 4 rings (SSSR count). The molecule has 0 saturated heterocycles. The molecular formula is C30H33Cl2FN6O6. The number of amides is 4. The van der Waals surface area contributed by atoms with E-state index < -0.39 is 23.9 Å². The molecule has 15 heteroatoms. The molecule has 3 aromatic rings. The van der Waals surface area contributed by atoms with Gasteiger partial charge in [-0.05, 0) is 50.1 Å². The summed E-state index contributed by atoms with van der Waals surface area (Å²) in [5, 5.41) is 8.04. The van der Waals surface area contributed by atoms with E-state index in [1.165, 1.54) is 31.1 Å². The Hall–Kier alpha value is -4.36. The maximum absolute atomic E-state index is 14.0. The standard InChI is InChI=1S/C30H33Cl2FN6O6/c1-15-6-5-7-19(28(41)39(3)12-13-45-30(43)36-21-11-10-20(31)23(33)16(21)2)26-37-24(25(32)38-26)18-9-8-17(34-29(42)44-4)14-22(18)35-27(15)40/h8-11,14-15,19H,5-7,12-13H2,1-4H3,(H,34,42)(H,35,40)(H,36,43)(H,37,38). The molecule has 2 aromatic carbocycles. The van der Waals surface area contributed by atoms with Crippen molar-refractivity contribution >= 4 is 64.3 Å². The van der Waals surface area contributed by atoms with Gasteiger partial charge in [0.15, 0.2) is 0 Å². The van der Waals surface area contributed by atoms with Crippen molar-refractivity contribution in [2.24, 2.45) is 5.92 Å². The molecule has 2 heterocycles. The predicted octanol–water partition coefficient (Wildman–Crippen LogP) is 6.56. The molecule has 2 bridgehead atoms. The quantitative estimate of drug-likeness (QED) is 0.233. The number of H-pyrrole nitrogens is 1. The van der Waals surface area contributed by atoms with Gasteiger partial charge in [0.05, 0.1) is 30.3 Å². The number of methoxy groups -OCH3 is 1. The first-order chi connectivity index (χ1) is 21.4. The van der Waals surface area contributed by atoms with Crippen LogP contribution in [0.1, 0.15) is 43.5 Å². The normalized spacial score (nSPS) is 16.3. The number of nitrogens with zero attached hydrogens (tertiary/aromatic N) is 2. The number of halogens is 3. The topological polar surface area (TPSA) is 155 Å². The summed E-state index contributed by atoms with van der Waals surface area (Å²) < 4.78 is 23.9. The van der Waals surface area contributed by atoms with Crippen molar-refractivity contribution in [1.82, 2.24) is 14.9 Å². The highest BCUT2D eigenvalue weighted by Gasteiger charge is 2.30. The summed E-state index contributed by atoms with van der Waals surface area (Å²) in [5.41, 5.74) is 1.92. The molecule has 240 valence electrons. The molecule has 45 heavy (non-hydrogen) atoms. The second kappa shape index (κ2) is 14.6. The summed E-state index contributed by atoms with van der Waals surface area (Å²) >= 11 is 12.3. The first kappa shape index (κ1) is 33.5. The highest BCUT2D eigenvalue weighted by Crippen LogP contribution is 2.37. The maximum atomic E-state index is 14.0. The minimum absolute atomic E-state index is 0.0627. The summed E-state index contributed by atoms with van der Waals surface area (Å²) in [6.07, 6.45) is -0.0956. The number of carbonyl (C=O) groups is 4. The van der Waals surface area contributed by atoms with Crippen LogP contribution in [-0.4, -0.2) is 66.2 Å². The number of hydrogen-bond acceptors (Lipinski definition) is 7. The number of aromatic amines is 1. The van der Waals surface area contributed by atoms with Crippen molar-refractivity contribution < 1.29 is 33.0 Å². The molecule has 0 spiro atoms. The lowest BCUT2D eigenvalue weighted by molar-refractivity contribution is -0.132. The van der Waals surface area contributed by atoms with E-state index in [0.717, 1.165) is 0 Å². The lowest BCUT2D eigenvalue weighted by atomic mass is 9.95. The van der Waals surface area contributed by atoms with Crippen molar-refractivity contribution in [2.45, 2.75) is 39.0 Å². The second-order valence-electron chi connectivity index (χ2n) is 10.6. The van der Waals surface area contributed by atoms with Crippen LogP contribution in [0, 0.1) is 18.7 Å². The molecule has 2 unspecified atom stereocenters. The minimum atomic E-state index is -0.815. The van der Waals surface area contributed by atoms with Gasteiger partial charge in [0.2, 0.25) is 11.8 Å². The number of anilines is 3. The van der Waals surface area contributed by atoms with Crippen molar-refractivity contribution in [3.63, 3.8) is 0 Å². The Morgan fingerprint density at radius 2 is 1.89 bits per heavy atom. The Balaban J connectivity index is 1.51. The maximum Gasteiger partial charge on any atom is 0.411 e. The first-order valence-corrected chi connectivity index (χ1v) is 14.8. The molecule has 0 aliphatic carbocycles. The van der Waals surface area contributed by atoms with Gasteiger partial charge in [-0.15, -0.1) is 0 Å². The first-order valence-electron chi connectivity index (χ1n) is 14.1. The number of ether oxygens (including phenoxy) is 2. The fraction of sp³-hybridized carbons (Fsp3) is 0.367. The molecule has 4 N–H and O–H groups in total. The van der Waals surface area contributed by atoms with Gasteiger partial charge in [0.25, 0.3) is 0 Å². The third kappa shape index (κ3) is 8.03. The van der Waals surface area contributed by atoms with E-state index in [0.29, 0.717) is 47.7 Å². The number of fused-ring (bicyclic) bond motifs is 4. The van der Waals surface area contributed by atoms with E-state index in [-0.39, 0.29) is 52.3 Å².